The molecule has 0 saturated carbocycles. The first-order valence-electron chi connectivity index (χ1n) is 7.29. The van der Waals surface area contributed by atoms with Crippen LogP contribution in [0.1, 0.15) is 24.1 Å². The molecule has 1 atom stereocenters. The molecule has 1 N–H and O–H groups in total. The summed E-state index contributed by atoms with van der Waals surface area (Å²) >= 11 is 0. The lowest BCUT2D eigenvalue weighted by Crippen LogP contribution is -2.36. The third-order valence-corrected chi connectivity index (χ3v) is 3.86. The van der Waals surface area contributed by atoms with E-state index in [-0.39, 0.29) is 11.4 Å². The molecule has 1 heterocycles. The number of aryl methyl sites for hydroxylation is 1. The normalized spacial score (nSPS) is 18.5. The van der Waals surface area contributed by atoms with Crippen molar-refractivity contribution in [1.29, 1.82) is 0 Å². The molecule has 0 bridgehead atoms. The first-order chi connectivity index (χ1) is 10.3. The highest BCUT2D eigenvalue weighted by Crippen LogP contribution is 2.37. The SMILES string of the molecule is CC(=O)C1=C(O)C(=O)N(CCN(C)C)[C@H]1c1ccc(C)cc1. The predicted octanol–water partition coefficient (Wildman–Crippen LogP) is 1.84. The van der Waals surface area contributed by atoms with Crippen molar-refractivity contribution >= 4 is 11.7 Å². The van der Waals surface area contributed by atoms with E-state index in [9.17, 15) is 14.7 Å². The number of likely N-dealkylation sites (N-methyl/N-ethyl adjacent to an activating group) is 1. The van der Waals surface area contributed by atoms with Crippen LogP contribution in [0.5, 0.6) is 0 Å². The molecule has 0 saturated heterocycles. The van der Waals surface area contributed by atoms with Gasteiger partial charge in [0.05, 0.1) is 11.6 Å². The van der Waals surface area contributed by atoms with Crippen molar-refractivity contribution in [3.8, 4) is 0 Å². The minimum absolute atomic E-state index is 0.188. The second-order valence-electron chi connectivity index (χ2n) is 5.93. The van der Waals surface area contributed by atoms with Crippen molar-refractivity contribution in [3.63, 3.8) is 0 Å². The summed E-state index contributed by atoms with van der Waals surface area (Å²) in [5, 5.41) is 10.1. The Hall–Kier alpha value is -2.14. The van der Waals surface area contributed by atoms with E-state index in [1.807, 2.05) is 50.2 Å². The maximum atomic E-state index is 12.3. The summed E-state index contributed by atoms with van der Waals surface area (Å²) in [6, 6.07) is 7.17. The van der Waals surface area contributed by atoms with Gasteiger partial charge in [0, 0.05) is 13.1 Å². The van der Waals surface area contributed by atoms with Gasteiger partial charge < -0.3 is 14.9 Å². The van der Waals surface area contributed by atoms with E-state index < -0.39 is 17.7 Å². The van der Waals surface area contributed by atoms with Crippen LogP contribution in [0, 0.1) is 6.92 Å². The fraction of sp³-hybridized carbons (Fsp3) is 0.412. The first kappa shape index (κ1) is 16.2. The summed E-state index contributed by atoms with van der Waals surface area (Å²) in [6.07, 6.45) is 0. The molecule has 1 amide bonds. The second kappa shape index (κ2) is 6.32. The number of ketones is 1. The molecule has 2 rings (SSSR count). The standard InChI is InChI=1S/C17H22N2O3/c1-11-5-7-13(8-6-11)15-14(12(2)20)16(21)17(22)19(15)10-9-18(3)4/h5-8,15,21H,9-10H2,1-4H3/t15-/m0/s1. The molecular weight excluding hydrogens is 280 g/mol. The zero-order valence-electron chi connectivity index (χ0n) is 13.5. The van der Waals surface area contributed by atoms with Crippen molar-refractivity contribution in [2.45, 2.75) is 19.9 Å². The predicted molar refractivity (Wildman–Crippen MR) is 84.5 cm³/mol. The Morgan fingerprint density at radius 3 is 2.36 bits per heavy atom. The monoisotopic (exact) mass is 302 g/mol. The smallest absolute Gasteiger partial charge is 0.290 e. The first-order valence-corrected chi connectivity index (χ1v) is 7.29. The molecule has 0 aromatic heterocycles. The fourth-order valence-electron chi connectivity index (χ4n) is 2.65. The number of amides is 1. The molecule has 1 aliphatic heterocycles. The molecule has 0 spiro atoms. The molecule has 0 unspecified atom stereocenters. The minimum Gasteiger partial charge on any atom is -0.503 e. The topological polar surface area (TPSA) is 60.9 Å². The molecule has 22 heavy (non-hydrogen) atoms. The number of rotatable bonds is 5. The fourth-order valence-corrected chi connectivity index (χ4v) is 2.65. The highest BCUT2D eigenvalue weighted by atomic mass is 16.3. The summed E-state index contributed by atoms with van der Waals surface area (Å²) in [4.78, 5) is 27.8. The second-order valence-corrected chi connectivity index (χ2v) is 5.93. The Kier molecular flexibility index (Phi) is 4.66. The Bertz CT molecular complexity index is 617. The van der Waals surface area contributed by atoms with Crippen LogP contribution in [-0.2, 0) is 9.59 Å². The highest BCUT2D eigenvalue weighted by molar-refractivity contribution is 6.08. The molecule has 5 heteroatoms. The van der Waals surface area contributed by atoms with Gasteiger partial charge in [-0.3, -0.25) is 9.59 Å². The summed E-state index contributed by atoms with van der Waals surface area (Å²) in [7, 11) is 3.83. The van der Waals surface area contributed by atoms with Crippen LogP contribution in [0.15, 0.2) is 35.6 Å². The molecule has 118 valence electrons. The number of aliphatic hydroxyl groups is 1. The van der Waals surface area contributed by atoms with Crippen LogP contribution in [0.4, 0.5) is 0 Å². The summed E-state index contributed by atoms with van der Waals surface area (Å²) in [5.74, 6) is -1.17. The average molecular weight is 302 g/mol. The van der Waals surface area contributed by atoms with Crippen LogP contribution in [-0.4, -0.2) is 53.8 Å². The third kappa shape index (κ3) is 3.04. The van der Waals surface area contributed by atoms with Gasteiger partial charge in [-0.2, -0.15) is 0 Å². The Morgan fingerprint density at radius 1 is 1.27 bits per heavy atom. The number of hydrogen-bond donors (Lipinski definition) is 1. The van der Waals surface area contributed by atoms with E-state index in [1.54, 1.807) is 4.90 Å². The van der Waals surface area contributed by atoms with Gasteiger partial charge in [0.1, 0.15) is 0 Å². The van der Waals surface area contributed by atoms with Gasteiger partial charge in [-0.1, -0.05) is 29.8 Å². The van der Waals surface area contributed by atoms with Crippen molar-refractivity contribution in [1.82, 2.24) is 9.80 Å². The van der Waals surface area contributed by atoms with Gasteiger partial charge in [0.2, 0.25) is 0 Å². The largest absolute Gasteiger partial charge is 0.503 e. The number of carbonyl (C=O) groups excluding carboxylic acids is 2. The zero-order valence-corrected chi connectivity index (χ0v) is 13.5. The number of hydrogen-bond acceptors (Lipinski definition) is 4. The number of carbonyl (C=O) groups is 2. The zero-order chi connectivity index (χ0) is 16.4. The van der Waals surface area contributed by atoms with E-state index in [1.165, 1.54) is 6.92 Å². The van der Waals surface area contributed by atoms with E-state index in [0.29, 0.717) is 13.1 Å². The highest BCUT2D eigenvalue weighted by Gasteiger charge is 2.41. The molecular formula is C17H22N2O3. The maximum Gasteiger partial charge on any atom is 0.290 e. The lowest BCUT2D eigenvalue weighted by atomic mass is 9.96. The van der Waals surface area contributed by atoms with Crippen LogP contribution in [0.25, 0.3) is 0 Å². The molecule has 1 aromatic carbocycles. The molecule has 1 aliphatic rings. The molecule has 0 aliphatic carbocycles. The Morgan fingerprint density at radius 2 is 1.86 bits per heavy atom. The quantitative estimate of drug-likeness (QED) is 0.901. The van der Waals surface area contributed by atoms with Crippen LogP contribution in [0.2, 0.25) is 0 Å². The lowest BCUT2D eigenvalue weighted by molar-refractivity contribution is -0.129. The van der Waals surface area contributed by atoms with Crippen LogP contribution < -0.4 is 0 Å². The molecule has 5 nitrogen and oxygen atoms in total. The maximum absolute atomic E-state index is 12.3. The van der Waals surface area contributed by atoms with Gasteiger partial charge in [-0.15, -0.1) is 0 Å². The number of aliphatic hydroxyl groups excluding tert-OH is 1. The van der Waals surface area contributed by atoms with Gasteiger partial charge in [-0.05, 0) is 33.5 Å². The number of nitrogens with zero attached hydrogens (tertiary/aromatic N) is 2. The van der Waals surface area contributed by atoms with Gasteiger partial charge in [-0.25, -0.2) is 0 Å². The molecule has 1 aromatic rings. The summed E-state index contributed by atoms with van der Waals surface area (Å²) in [5.41, 5.74) is 2.13. The number of benzene rings is 1. The Labute approximate surface area is 130 Å². The number of Topliss-reactive ketones (excluding diaryl/α,β-unsaturated/α-hetero) is 1. The third-order valence-electron chi connectivity index (χ3n) is 3.86. The van der Waals surface area contributed by atoms with Crippen LogP contribution in [0.3, 0.4) is 0 Å². The van der Waals surface area contributed by atoms with E-state index in [0.717, 1.165) is 11.1 Å². The van der Waals surface area contributed by atoms with E-state index in [2.05, 4.69) is 0 Å². The van der Waals surface area contributed by atoms with Gasteiger partial charge in [0.15, 0.2) is 11.5 Å². The van der Waals surface area contributed by atoms with Crippen molar-refractivity contribution in [2.24, 2.45) is 0 Å². The average Bonchev–Trinajstić information content (AvgIpc) is 2.70. The Balaban J connectivity index is 2.43. The van der Waals surface area contributed by atoms with Gasteiger partial charge in [0.25, 0.3) is 5.91 Å². The molecule has 0 fully saturated rings. The lowest BCUT2D eigenvalue weighted by Gasteiger charge is -2.27. The summed E-state index contributed by atoms with van der Waals surface area (Å²) < 4.78 is 0. The van der Waals surface area contributed by atoms with Crippen molar-refractivity contribution in [3.05, 3.63) is 46.7 Å². The summed E-state index contributed by atoms with van der Waals surface area (Å²) in [6.45, 7) is 4.47. The molecule has 0 radical (unpaired) electrons. The van der Waals surface area contributed by atoms with E-state index >= 15 is 0 Å². The van der Waals surface area contributed by atoms with Crippen molar-refractivity contribution < 1.29 is 14.7 Å². The van der Waals surface area contributed by atoms with Crippen LogP contribution >= 0.6 is 0 Å². The van der Waals surface area contributed by atoms with Crippen molar-refractivity contribution in [2.75, 3.05) is 27.2 Å². The van der Waals surface area contributed by atoms with E-state index in [4.69, 9.17) is 0 Å². The van der Waals surface area contributed by atoms with Gasteiger partial charge >= 0.3 is 0 Å². The minimum atomic E-state index is -0.509.